The molecule has 0 saturated carbocycles. The van der Waals surface area contributed by atoms with Gasteiger partial charge in [0.1, 0.15) is 0 Å². The molecule has 0 radical (unpaired) electrons. The summed E-state index contributed by atoms with van der Waals surface area (Å²) in [5.74, 6) is 0.353. The molecule has 2 aliphatic heterocycles. The van der Waals surface area contributed by atoms with Gasteiger partial charge in [0.25, 0.3) is 0 Å². The second kappa shape index (κ2) is 7.97. The lowest BCUT2D eigenvalue weighted by Gasteiger charge is -2.35. The lowest BCUT2D eigenvalue weighted by Crippen LogP contribution is -2.44. The summed E-state index contributed by atoms with van der Waals surface area (Å²) >= 11 is 0. The van der Waals surface area contributed by atoms with Crippen LogP contribution in [0.25, 0.3) is 0 Å². The lowest BCUT2D eigenvalue weighted by molar-refractivity contribution is -0.130. The average Bonchev–Trinajstić information content (AvgIpc) is 2.58. The Morgan fingerprint density at radius 1 is 1.17 bits per heavy atom. The maximum absolute atomic E-state index is 12.3. The molecule has 0 unspecified atom stereocenters. The normalized spacial score (nSPS) is 22.7. The summed E-state index contributed by atoms with van der Waals surface area (Å²) in [6.07, 6.45) is 11.4. The van der Waals surface area contributed by atoms with Crippen LogP contribution in [0.2, 0.25) is 0 Å². The number of nitrogens with one attached hydrogen (secondary N) is 1. The van der Waals surface area contributed by atoms with Crippen molar-refractivity contribution < 1.29 is 9.59 Å². The molecule has 2 saturated heterocycles. The Balaban J connectivity index is 1.43. The molecule has 5 heteroatoms. The molecular formula is C19H29N3O2. The number of allylic oxidation sites excluding steroid dienone is 3. The summed E-state index contributed by atoms with van der Waals surface area (Å²) in [5, 5.41) is 3.01. The van der Waals surface area contributed by atoms with E-state index in [2.05, 4.69) is 22.4 Å². The number of fused-ring (bicyclic) bond motifs is 1. The van der Waals surface area contributed by atoms with Gasteiger partial charge in [-0.2, -0.15) is 0 Å². The third-order valence-corrected chi connectivity index (χ3v) is 5.28. The van der Waals surface area contributed by atoms with Gasteiger partial charge in [0.15, 0.2) is 0 Å². The van der Waals surface area contributed by atoms with Gasteiger partial charge in [-0.25, -0.2) is 0 Å². The molecule has 2 fully saturated rings. The fraction of sp³-hybridized carbons (Fsp3) is 0.684. The van der Waals surface area contributed by atoms with E-state index in [0.717, 1.165) is 64.7 Å². The summed E-state index contributed by atoms with van der Waals surface area (Å²) in [7, 11) is 0. The number of nitrogens with zero attached hydrogens (tertiary/aromatic N) is 2. The SMILES string of the molecule is CC(=O)NC1CCN(CCCN2C(=O)CCC3=CCCC=C32)CC1. The maximum Gasteiger partial charge on any atom is 0.227 e. The molecule has 0 aromatic rings. The smallest absolute Gasteiger partial charge is 0.227 e. The molecule has 0 spiro atoms. The zero-order valence-corrected chi connectivity index (χ0v) is 14.7. The topological polar surface area (TPSA) is 52.7 Å². The molecular weight excluding hydrogens is 302 g/mol. The average molecular weight is 331 g/mol. The van der Waals surface area contributed by atoms with E-state index < -0.39 is 0 Å². The fourth-order valence-electron chi connectivity index (χ4n) is 4.02. The number of likely N-dealkylation sites (tertiary alicyclic amines) is 2. The minimum atomic E-state index is 0.0710. The van der Waals surface area contributed by atoms with Crippen LogP contribution in [0.3, 0.4) is 0 Å². The zero-order chi connectivity index (χ0) is 16.9. The molecule has 0 atom stereocenters. The van der Waals surface area contributed by atoms with Gasteiger partial charge in [-0.3, -0.25) is 9.59 Å². The van der Waals surface area contributed by atoms with Gasteiger partial charge in [0, 0.05) is 44.7 Å². The molecule has 132 valence electrons. The number of carbonyl (C=O) groups excluding carboxylic acids is 2. The van der Waals surface area contributed by atoms with Crippen molar-refractivity contribution >= 4 is 11.8 Å². The van der Waals surface area contributed by atoms with Crippen molar-refractivity contribution in [3.8, 4) is 0 Å². The van der Waals surface area contributed by atoms with E-state index in [1.54, 1.807) is 6.92 Å². The highest BCUT2D eigenvalue weighted by Crippen LogP contribution is 2.31. The highest BCUT2D eigenvalue weighted by molar-refractivity contribution is 5.81. The minimum Gasteiger partial charge on any atom is -0.354 e. The monoisotopic (exact) mass is 331 g/mol. The number of hydrogen-bond acceptors (Lipinski definition) is 3. The molecule has 2 amide bonds. The molecule has 1 aliphatic carbocycles. The van der Waals surface area contributed by atoms with Gasteiger partial charge < -0.3 is 15.1 Å². The Bertz CT molecular complexity index is 545. The lowest BCUT2D eigenvalue weighted by atomic mass is 9.94. The molecule has 24 heavy (non-hydrogen) atoms. The quantitative estimate of drug-likeness (QED) is 0.840. The van der Waals surface area contributed by atoms with Crippen LogP contribution in [0.1, 0.15) is 51.9 Å². The summed E-state index contributed by atoms with van der Waals surface area (Å²) in [4.78, 5) is 27.9. The molecule has 5 nitrogen and oxygen atoms in total. The number of piperidine rings is 2. The molecule has 3 aliphatic rings. The Morgan fingerprint density at radius 3 is 2.67 bits per heavy atom. The van der Waals surface area contributed by atoms with E-state index in [1.165, 1.54) is 11.3 Å². The van der Waals surface area contributed by atoms with Gasteiger partial charge in [-0.05, 0) is 50.6 Å². The fourth-order valence-corrected chi connectivity index (χ4v) is 4.02. The van der Waals surface area contributed by atoms with Crippen molar-refractivity contribution in [2.45, 2.75) is 57.9 Å². The minimum absolute atomic E-state index is 0.0710. The molecule has 0 aromatic carbocycles. The van der Waals surface area contributed by atoms with E-state index in [4.69, 9.17) is 0 Å². The third kappa shape index (κ3) is 4.26. The zero-order valence-electron chi connectivity index (χ0n) is 14.7. The molecule has 0 bridgehead atoms. The Hall–Kier alpha value is -1.62. The highest BCUT2D eigenvalue weighted by atomic mass is 16.2. The highest BCUT2D eigenvalue weighted by Gasteiger charge is 2.27. The van der Waals surface area contributed by atoms with Crippen molar-refractivity contribution in [2.24, 2.45) is 0 Å². The van der Waals surface area contributed by atoms with Gasteiger partial charge in [-0.15, -0.1) is 0 Å². The van der Waals surface area contributed by atoms with Gasteiger partial charge in [-0.1, -0.05) is 12.2 Å². The first-order valence-electron chi connectivity index (χ1n) is 9.33. The van der Waals surface area contributed by atoms with Crippen LogP contribution in [-0.4, -0.2) is 53.8 Å². The van der Waals surface area contributed by atoms with Crippen LogP contribution in [-0.2, 0) is 9.59 Å². The maximum atomic E-state index is 12.3. The molecule has 2 heterocycles. The predicted molar refractivity (Wildman–Crippen MR) is 94.2 cm³/mol. The predicted octanol–water partition coefficient (Wildman–Crippen LogP) is 2.20. The third-order valence-electron chi connectivity index (χ3n) is 5.28. The molecule has 0 aromatic heterocycles. The number of carbonyl (C=O) groups is 2. The Labute approximate surface area is 144 Å². The van der Waals surface area contributed by atoms with Gasteiger partial charge in [0.05, 0.1) is 0 Å². The van der Waals surface area contributed by atoms with E-state index in [-0.39, 0.29) is 11.8 Å². The van der Waals surface area contributed by atoms with Crippen LogP contribution in [0, 0.1) is 0 Å². The molecule has 1 N–H and O–H groups in total. The summed E-state index contributed by atoms with van der Waals surface area (Å²) < 4.78 is 0. The number of hydrogen-bond donors (Lipinski definition) is 1. The van der Waals surface area contributed by atoms with Crippen LogP contribution in [0.5, 0.6) is 0 Å². The second-order valence-corrected chi connectivity index (χ2v) is 7.11. The van der Waals surface area contributed by atoms with Crippen LogP contribution < -0.4 is 5.32 Å². The van der Waals surface area contributed by atoms with Crippen LogP contribution in [0.15, 0.2) is 23.4 Å². The number of amides is 2. The van der Waals surface area contributed by atoms with Crippen molar-refractivity contribution in [3.05, 3.63) is 23.4 Å². The Morgan fingerprint density at radius 2 is 1.92 bits per heavy atom. The first-order valence-corrected chi connectivity index (χ1v) is 9.33. The standard InChI is InChI=1S/C19H29N3O2/c1-15(23)20-17-9-13-21(14-10-17)11-4-12-22-18-6-3-2-5-16(18)7-8-19(22)24/h5-6,17H,2-4,7-14H2,1H3,(H,20,23). The second-order valence-electron chi connectivity index (χ2n) is 7.11. The van der Waals surface area contributed by atoms with Crippen molar-refractivity contribution in [1.29, 1.82) is 0 Å². The summed E-state index contributed by atoms with van der Waals surface area (Å²) in [6.45, 7) is 5.51. The van der Waals surface area contributed by atoms with E-state index in [1.807, 2.05) is 4.90 Å². The van der Waals surface area contributed by atoms with Crippen LogP contribution in [0.4, 0.5) is 0 Å². The number of rotatable bonds is 5. The van der Waals surface area contributed by atoms with Crippen molar-refractivity contribution in [1.82, 2.24) is 15.1 Å². The van der Waals surface area contributed by atoms with Crippen molar-refractivity contribution in [3.63, 3.8) is 0 Å². The largest absolute Gasteiger partial charge is 0.354 e. The summed E-state index contributed by atoms with van der Waals surface area (Å²) in [5.41, 5.74) is 2.55. The molecule has 3 rings (SSSR count). The van der Waals surface area contributed by atoms with E-state index in [9.17, 15) is 9.59 Å². The first-order chi connectivity index (χ1) is 11.6. The van der Waals surface area contributed by atoms with E-state index >= 15 is 0 Å². The van der Waals surface area contributed by atoms with Crippen LogP contribution >= 0.6 is 0 Å². The first kappa shape index (κ1) is 17.2. The van der Waals surface area contributed by atoms with E-state index in [0.29, 0.717) is 12.5 Å². The van der Waals surface area contributed by atoms with Gasteiger partial charge in [0.2, 0.25) is 11.8 Å². The Kier molecular flexibility index (Phi) is 5.72. The summed E-state index contributed by atoms with van der Waals surface area (Å²) in [6, 6.07) is 0.336. The van der Waals surface area contributed by atoms with Crippen molar-refractivity contribution in [2.75, 3.05) is 26.2 Å². The van der Waals surface area contributed by atoms with Gasteiger partial charge >= 0.3 is 0 Å².